The number of aromatic nitrogens is 1. The number of primary amides is 1. The van der Waals surface area contributed by atoms with E-state index in [9.17, 15) is 9.59 Å². The number of carbonyl (C=O) groups is 2. The van der Waals surface area contributed by atoms with Gasteiger partial charge < -0.3 is 11.1 Å². The van der Waals surface area contributed by atoms with E-state index in [4.69, 9.17) is 10.7 Å². The number of nitrogens with zero attached hydrogens (tertiary/aromatic N) is 2. The minimum atomic E-state index is -0.487. The van der Waals surface area contributed by atoms with Crippen LogP contribution >= 0.6 is 11.3 Å². The molecule has 29 heavy (non-hydrogen) atoms. The number of thiazole rings is 1. The molecule has 0 aliphatic carbocycles. The van der Waals surface area contributed by atoms with Crippen LogP contribution in [0.1, 0.15) is 29.4 Å². The van der Waals surface area contributed by atoms with Crippen molar-refractivity contribution in [3.8, 4) is 10.6 Å². The van der Waals surface area contributed by atoms with E-state index in [1.165, 1.54) is 0 Å². The van der Waals surface area contributed by atoms with E-state index in [0.717, 1.165) is 22.8 Å². The summed E-state index contributed by atoms with van der Waals surface area (Å²) in [6, 6.07) is 16.7. The van der Waals surface area contributed by atoms with Gasteiger partial charge in [-0.1, -0.05) is 37.3 Å². The Morgan fingerprint density at radius 3 is 2.48 bits per heavy atom. The van der Waals surface area contributed by atoms with Gasteiger partial charge in [-0.05, 0) is 30.8 Å². The molecule has 0 fully saturated rings. The van der Waals surface area contributed by atoms with Crippen LogP contribution in [0.4, 0.5) is 5.69 Å². The van der Waals surface area contributed by atoms with E-state index in [1.807, 2.05) is 18.2 Å². The molecule has 3 aromatic rings. The molecule has 2 aromatic carbocycles. The van der Waals surface area contributed by atoms with E-state index in [2.05, 4.69) is 34.7 Å². The fourth-order valence-electron chi connectivity index (χ4n) is 2.87. The SMILES string of the molecule is CCN(CCC(=O)Nc1ccc(C(N)=O)cc1)Cc1csc(-c2ccccc2)n1. The zero-order chi connectivity index (χ0) is 20.6. The monoisotopic (exact) mass is 408 g/mol. The summed E-state index contributed by atoms with van der Waals surface area (Å²) in [5.41, 5.74) is 8.42. The van der Waals surface area contributed by atoms with Gasteiger partial charge in [0.1, 0.15) is 5.01 Å². The number of carbonyl (C=O) groups excluding carboxylic acids is 2. The van der Waals surface area contributed by atoms with Crippen molar-refractivity contribution in [3.05, 3.63) is 71.2 Å². The zero-order valence-corrected chi connectivity index (χ0v) is 17.1. The molecule has 0 saturated heterocycles. The summed E-state index contributed by atoms with van der Waals surface area (Å²) in [5.74, 6) is -0.558. The molecule has 0 aliphatic heterocycles. The van der Waals surface area contributed by atoms with Crippen LogP contribution in [0.15, 0.2) is 60.0 Å². The molecule has 0 aliphatic rings. The summed E-state index contributed by atoms with van der Waals surface area (Å²) < 4.78 is 0. The Bertz CT molecular complexity index is 954. The molecule has 1 aromatic heterocycles. The van der Waals surface area contributed by atoms with Crippen molar-refractivity contribution in [2.45, 2.75) is 19.9 Å². The number of anilines is 1. The van der Waals surface area contributed by atoms with Crippen LogP contribution in [0.3, 0.4) is 0 Å². The lowest BCUT2D eigenvalue weighted by atomic mass is 10.2. The van der Waals surface area contributed by atoms with Crippen LogP contribution in [0.5, 0.6) is 0 Å². The molecule has 150 valence electrons. The quantitative estimate of drug-likeness (QED) is 0.564. The zero-order valence-electron chi connectivity index (χ0n) is 16.3. The van der Waals surface area contributed by atoms with Gasteiger partial charge in [0.25, 0.3) is 0 Å². The highest BCUT2D eigenvalue weighted by molar-refractivity contribution is 7.13. The van der Waals surface area contributed by atoms with Gasteiger partial charge in [-0.15, -0.1) is 11.3 Å². The summed E-state index contributed by atoms with van der Waals surface area (Å²) in [4.78, 5) is 30.3. The Balaban J connectivity index is 1.50. The Kier molecular flexibility index (Phi) is 7.10. The fourth-order valence-corrected chi connectivity index (χ4v) is 3.69. The minimum absolute atomic E-state index is 0.0708. The molecule has 0 radical (unpaired) electrons. The van der Waals surface area contributed by atoms with Gasteiger partial charge in [0.05, 0.1) is 5.69 Å². The van der Waals surface area contributed by atoms with E-state index in [-0.39, 0.29) is 5.91 Å². The van der Waals surface area contributed by atoms with Gasteiger partial charge in [-0.3, -0.25) is 14.5 Å². The maximum atomic E-state index is 12.3. The number of rotatable bonds is 9. The number of hydrogen-bond donors (Lipinski definition) is 2. The number of amides is 2. The Labute approximate surface area is 174 Å². The molecule has 3 N–H and O–H groups in total. The second-order valence-electron chi connectivity index (χ2n) is 6.62. The molecule has 2 amide bonds. The molecule has 7 heteroatoms. The predicted octanol–water partition coefficient (Wildman–Crippen LogP) is 3.76. The van der Waals surface area contributed by atoms with Gasteiger partial charge in [-0.25, -0.2) is 4.98 Å². The Morgan fingerprint density at radius 1 is 1.10 bits per heavy atom. The second kappa shape index (κ2) is 9.95. The highest BCUT2D eigenvalue weighted by Crippen LogP contribution is 2.23. The van der Waals surface area contributed by atoms with Crippen molar-refractivity contribution >= 4 is 28.8 Å². The third-order valence-electron chi connectivity index (χ3n) is 4.51. The van der Waals surface area contributed by atoms with Gasteiger partial charge in [-0.2, -0.15) is 0 Å². The molecule has 0 unspecified atom stereocenters. The minimum Gasteiger partial charge on any atom is -0.366 e. The summed E-state index contributed by atoms with van der Waals surface area (Å²) in [6.07, 6.45) is 0.376. The van der Waals surface area contributed by atoms with Crippen LogP contribution < -0.4 is 11.1 Å². The smallest absolute Gasteiger partial charge is 0.248 e. The lowest BCUT2D eigenvalue weighted by molar-refractivity contribution is -0.116. The molecule has 3 rings (SSSR count). The third kappa shape index (κ3) is 5.97. The van der Waals surface area contributed by atoms with Crippen LogP contribution in [0.2, 0.25) is 0 Å². The fraction of sp³-hybridized carbons (Fsp3) is 0.227. The lowest BCUT2D eigenvalue weighted by Gasteiger charge is -2.18. The van der Waals surface area contributed by atoms with Gasteiger partial charge in [0.2, 0.25) is 11.8 Å². The maximum Gasteiger partial charge on any atom is 0.248 e. The van der Waals surface area contributed by atoms with Crippen LogP contribution in [-0.4, -0.2) is 34.8 Å². The molecule has 0 saturated carbocycles. The molecular formula is C22H24N4O2S. The number of nitrogens with one attached hydrogen (secondary N) is 1. The second-order valence-corrected chi connectivity index (χ2v) is 7.48. The predicted molar refractivity (Wildman–Crippen MR) is 117 cm³/mol. The Morgan fingerprint density at radius 2 is 1.83 bits per heavy atom. The van der Waals surface area contributed by atoms with Crippen LogP contribution in [0, 0.1) is 0 Å². The van der Waals surface area contributed by atoms with Crippen molar-refractivity contribution in [2.24, 2.45) is 5.73 Å². The van der Waals surface area contributed by atoms with Crippen LogP contribution in [-0.2, 0) is 11.3 Å². The van der Waals surface area contributed by atoms with Gasteiger partial charge in [0, 0.05) is 41.7 Å². The lowest BCUT2D eigenvalue weighted by Crippen LogP contribution is -2.27. The molecule has 1 heterocycles. The third-order valence-corrected chi connectivity index (χ3v) is 5.45. The number of benzene rings is 2. The first-order valence-electron chi connectivity index (χ1n) is 9.47. The number of nitrogens with two attached hydrogens (primary N) is 1. The topological polar surface area (TPSA) is 88.3 Å². The highest BCUT2D eigenvalue weighted by Gasteiger charge is 2.11. The molecule has 0 atom stereocenters. The van der Waals surface area contributed by atoms with Crippen LogP contribution in [0.25, 0.3) is 10.6 Å². The van der Waals surface area contributed by atoms with Crippen molar-refractivity contribution in [2.75, 3.05) is 18.4 Å². The van der Waals surface area contributed by atoms with Crippen molar-refractivity contribution in [1.82, 2.24) is 9.88 Å². The summed E-state index contributed by atoms with van der Waals surface area (Å²) >= 11 is 1.63. The van der Waals surface area contributed by atoms with Gasteiger partial charge >= 0.3 is 0 Å². The first-order valence-corrected chi connectivity index (χ1v) is 10.3. The average molecular weight is 409 g/mol. The van der Waals surface area contributed by atoms with E-state index in [1.54, 1.807) is 35.6 Å². The molecule has 6 nitrogen and oxygen atoms in total. The molecule has 0 bridgehead atoms. The first-order chi connectivity index (χ1) is 14.0. The summed E-state index contributed by atoms with van der Waals surface area (Å²) in [7, 11) is 0. The normalized spacial score (nSPS) is 10.8. The van der Waals surface area contributed by atoms with Crippen molar-refractivity contribution in [3.63, 3.8) is 0 Å². The van der Waals surface area contributed by atoms with Crippen molar-refractivity contribution in [1.29, 1.82) is 0 Å². The Hall–Kier alpha value is -3.03. The first kappa shape index (κ1) is 20.7. The molecule has 0 spiro atoms. The van der Waals surface area contributed by atoms with Gasteiger partial charge in [0.15, 0.2) is 0 Å². The highest BCUT2D eigenvalue weighted by atomic mass is 32.1. The van der Waals surface area contributed by atoms with E-state index < -0.39 is 5.91 Å². The summed E-state index contributed by atoms with van der Waals surface area (Å²) in [5, 5.41) is 5.93. The largest absolute Gasteiger partial charge is 0.366 e. The molecular weight excluding hydrogens is 384 g/mol. The van der Waals surface area contributed by atoms with E-state index >= 15 is 0 Å². The average Bonchev–Trinajstić information content (AvgIpc) is 3.20. The number of hydrogen-bond acceptors (Lipinski definition) is 5. The maximum absolute atomic E-state index is 12.3. The van der Waals surface area contributed by atoms with E-state index in [0.29, 0.717) is 30.8 Å². The van der Waals surface area contributed by atoms with Crippen molar-refractivity contribution < 1.29 is 9.59 Å². The summed E-state index contributed by atoms with van der Waals surface area (Å²) in [6.45, 7) is 4.25. The standard InChI is InChI=1S/C22H24N4O2S/c1-2-26(14-19-15-29-22(25-19)17-6-4-3-5-7-17)13-12-20(27)24-18-10-8-16(9-11-18)21(23)28/h3-11,15H,2,12-14H2,1H3,(H2,23,28)(H,24,27).